The molecule has 102 valence electrons. The van der Waals surface area contributed by atoms with Crippen LogP contribution < -0.4 is 11.3 Å². The lowest BCUT2D eigenvalue weighted by atomic mass is 9.93. The maximum atomic E-state index is 13.5. The van der Waals surface area contributed by atoms with Gasteiger partial charge in [0, 0.05) is 5.02 Å². The predicted molar refractivity (Wildman–Crippen MR) is 72.8 cm³/mol. The molecule has 19 heavy (non-hydrogen) atoms. The Balaban J connectivity index is 1.64. The number of halogens is 2. The van der Waals surface area contributed by atoms with Gasteiger partial charge in [0.25, 0.3) is 0 Å². The Hall–Kier alpha value is -0.640. The Bertz CT molecular complexity index is 505. The summed E-state index contributed by atoms with van der Waals surface area (Å²) in [4.78, 5) is 0. The van der Waals surface area contributed by atoms with Gasteiger partial charge >= 0.3 is 0 Å². The van der Waals surface area contributed by atoms with Gasteiger partial charge in [-0.25, -0.2) is 4.39 Å². The number of benzene rings is 1. The molecule has 0 amide bonds. The Morgan fingerprint density at radius 1 is 1.26 bits per heavy atom. The topological polar surface area (TPSA) is 38.0 Å². The largest absolute Gasteiger partial charge is 0.271 e. The van der Waals surface area contributed by atoms with E-state index >= 15 is 0 Å². The van der Waals surface area contributed by atoms with Crippen LogP contribution in [0.4, 0.5) is 4.39 Å². The van der Waals surface area contributed by atoms with E-state index in [4.69, 9.17) is 17.4 Å². The molecule has 5 unspecified atom stereocenters. The zero-order valence-electron chi connectivity index (χ0n) is 10.7. The van der Waals surface area contributed by atoms with Gasteiger partial charge in [-0.05, 0) is 72.6 Å². The fraction of sp³-hybridized carbons (Fsp3) is 0.600. The predicted octanol–water partition coefficient (Wildman–Crippen LogP) is 3.28. The number of rotatable bonds is 3. The van der Waals surface area contributed by atoms with Gasteiger partial charge in [-0.2, -0.15) is 0 Å². The van der Waals surface area contributed by atoms with E-state index in [1.54, 1.807) is 6.07 Å². The highest BCUT2D eigenvalue weighted by atomic mass is 35.5. The molecule has 0 aliphatic heterocycles. The van der Waals surface area contributed by atoms with Crippen LogP contribution in [0.15, 0.2) is 18.2 Å². The molecule has 3 aliphatic carbocycles. The molecule has 2 nitrogen and oxygen atoms in total. The Morgan fingerprint density at radius 3 is 2.58 bits per heavy atom. The summed E-state index contributed by atoms with van der Waals surface area (Å²) in [7, 11) is 0. The molecule has 0 radical (unpaired) electrons. The molecule has 2 bridgehead atoms. The lowest BCUT2D eigenvalue weighted by molar-refractivity contribution is 0.373. The Kier molecular flexibility index (Phi) is 2.66. The average Bonchev–Trinajstić information content (AvgIpc) is 2.82. The number of hydrogen-bond donors (Lipinski definition) is 2. The van der Waals surface area contributed by atoms with Crippen LogP contribution >= 0.6 is 11.6 Å². The summed E-state index contributed by atoms with van der Waals surface area (Å²) in [6.07, 6.45) is 4.15. The second-order valence-electron chi connectivity index (χ2n) is 6.38. The summed E-state index contributed by atoms with van der Waals surface area (Å²) in [5, 5.41) is 0.613. The number of hydrogen-bond acceptors (Lipinski definition) is 2. The molecule has 3 saturated carbocycles. The standard InChI is InChI=1S/C15H18ClFN2/c16-11-4-3-9(17)6-10(11)15(19-18)14-12-7-1-2-8(5-7)13(12)14/h3-4,6-8,12-15,19H,1-2,5,18H2. The van der Waals surface area contributed by atoms with Crippen LogP contribution in [0.25, 0.3) is 0 Å². The van der Waals surface area contributed by atoms with Gasteiger partial charge < -0.3 is 0 Å². The van der Waals surface area contributed by atoms with E-state index in [1.807, 2.05) is 0 Å². The van der Waals surface area contributed by atoms with Crippen LogP contribution in [0.1, 0.15) is 30.9 Å². The summed E-state index contributed by atoms with van der Waals surface area (Å²) >= 11 is 6.22. The van der Waals surface area contributed by atoms with Crippen LogP contribution in [0, 0.1) is 35.4 Å². The average molecular weight is 281 g/mol. The van der Waals surface area contributed by atoms with E-state index in [1.165, 1.54) is 31.4 Å². The Morgan fingerprint density at radius 2 is 1.95 bits per heavy atom. The summed E-state index contributed by atoms with van der Waals surface area (Å²) in [5.41, 5.74) is 3.72. The number of nitrogens with two attached hydrogens (primary N) is 1. The minimum atomic E-state index is -0.242. The summed E-state index contributed by atoms with van der Waals surface area (Å²) in [6.45, 7) is 0. The zero-order valence-corrected chi connectivity index (χ0v) is 11.4. The van der Waals surface area contributed by atoms with Crippen LogP contribution in [-0.4, -0.2) is 0 Å². The van der Waals surface area contributed by atoms with Crippen molar-refractivity contribution in [3.63, 3.8) is 0 Å². The van der Waals surface area contributed by atoms with E-state index in [0.29, 0.717) is 10.9 Å². The first-order valence-corrected chi connectivity index (χ1v) is 7.49. The van der Waals surface area contributed by atoms with E-state index in [9.17, 15) is 4.39 Å². The van der Waals surface area contributed by atoms with Gasteiger partial charge in [0.1, 0.15) is 5.82 Å². The van der Waals surface area contributed by atoms with Crippen molar-refractivity contribution in [1.82, 2.24) is 5.43 Å². The van der Waals surface area contributed by atoms with E-state index in [2.05, 4.69) is 5.43 Å². The lowest BCUT2D eigenvalue weighted by Crippen LogP contribution is -2.31. The molecule has 0 heterocycles. The van der Waals surface area contributed by atoms with Crippen LogP contribution in [0.2, 0.25) is 5.02 Å². The lowest BCUT2D eigenvalue weighted by Gasteiger charge is -2.21. The van der Waals surface area contributed by atoms with Crippen molar-refractivity contribution >= 4 is 11.6 Å². The van der Waals surface area contributed by atoms with Crippen molar-refractivity contribution in [2.75, 3.05) is 0 Å². The monoisotopic (exact) mass is 280 g/mol. The zero-order chi connectivity index (χ0) is 13.1. The fourth-order valence-corrected chi connectivity index (χ4v) is 5.23. The molecule has 0 saturated heterocycles. The van der Waals surface area contributed by atoms with Gasteiger partial charge in [-0.15, -0.1) is 0 Å². The maximum Gasteiger partial charge on any atom is 0.123 e. The van der Waals surface area contributed by atoms with Gasteiger partial charge in [-0.1, -0.05) is 11.6 Å². The second-order valence-corrected chi connectivity index (χ2v) is 6.78. The van der Waals surface area contributed by atoms with Crippen molar-refractivity contribution in [3.05, 3.63) is 34.6 Å². The molecule has 3 aliphatic rings. The third kappa shape index (κ3) is 1.68. The molecule has 4 rings (SSSR count). The van der Waals surface area contributed by atoms with Gasteiger partial charge in [0.05, 0.1) is 6.04 Å². The van der Waals surface area contributed by atoms with Crippen molar-refractivity contribution in [1.29, 1.82) is 0 Å². The minimum Gasteiger partial charge on any atom is -0.271 e. The van der Waals surface area contributed by atoms with Gasteiger partial charge in [0.15, 0.2) is 0 Å². The van der Waals surface area contributed by atoms with Crippen LogP contribution in [-0.2, 0) is 0 Å². The first-order valence-electron chi connectivity index (χ1n) is 7.12. The van der Waals surface area contributed by atoms with Crippen molar-refractivity contribution < 1.29 is 4.39 Å². The number of hydrazine groups is 1. The molecule has 0 aromatic heterocycles. The van der Waals surface area contributed by atoms with Crippen molar-refractivity contribution in [2.45, 2.75) is 25.3 Å². The second kappa shape index (κ2) is 4.18. The molecule has 4 heteroatoms. The SMILES string of the molecule is NNC(c1cc(F)ccc1Cl)C1C2C3CCC(C3)C21. The highest BCUT2D eigenvalue weighted by Crippen LogP contribution is 2.72. The normalized spacial score (nSPS) is 40.3. The maximum absolute atomic E-state index is 13.5. The molecule has 5 atom stereocenters. The Labute approximate surface area is 117 Å². The number of fused-ring (bicyclic) bond motifs is 5. The summed E-state index contributed by atoms with van der Waals surface area (Å²) < 4.78 is 13.5. The van der Waals surface area contributed by atoms with Gasteiger partial charge in [0.2, 0.25) is 0 Å². The first-order chi connectivity index (χ1) is 9.20. The number of nitrogens with one attached hydrogen (secondary N) is 1. The highest BCUT2D eigenvalue weighted by Gasteiger charge is 2.66. The van der Waals surface area contributed by atoms with Gasteiger partial charge in [-0.3, -0.25) is 11.3 Å². The fourth-order valence-electron chi connectivity index (χ4n) is 5.00. The van der Waals surface area contributed by atoms with Crippen LogP contribution in [0.3, 0.4) is 0 Å². The van der Waals surface area contributed by atoms with Crippen molar-refractivity contribution in [3.8, 4) is 0 Å². The van der Waals surface area contributed by atoms with Crippen molar-refractivity contribution in [2.24, 2.45) is 35.4 Å². The first kappa shape index (κ1) is 12.1. The molecular weight excluding hydrogens is 263 g/mol. The van der Waals surface area contributed by atoms with E-state index in [-0.39, 0.29) is 11.9 Å². The highest BCUT2D eigenvalue weighted by molar-refractivity contribution is 6.31. The third-order valence-electron chi connectivity index (χ3n) is 5.65. The summed E-state index contributed by atoms with van der Waals surface area (Å²) in [6, 6.07) is 4.56. The van der Waals surface area contributed by atoms with Crippen LogP contribution in [0.5, 0.6) is 0 Å². The molecule has 1 aromatic carbocycles. The molecule has 1 aromatic rings. The van der Waals surface area contributed by atoms with E-state index in [0.717, 1.165) is 29.2 Å². The van der Waals surface area contributed by atoms with E-state index < -0.39 is 0 Å². The smallest absolute Gasteiger partial charge is 0.123 e. The molecule has 0 spiro atoms. The quantitative estimate of drug-likeness (QED) is 0.659. The molecule has 3 N–H and O–H groups in total. The third-order valence-corrected chi connectivity index (χ3v) is 6.00. The molecule has 3 fully saturated rings. The minimum absolute atomic E-state index is 0.00148. The molecular formula is C15H18ClFN2. The summed E-state index contributed by atoms with van der Waals surface area (Å²) in [5.74, 6) is 9.40.